The van der Waals surface area contributed by atoms with Gasteiger partial charge in [-0.1, -0.05) is 13.8 Å². The number of nitriles is 1. The molecule has 0 saturated heterocycles. The van der Waals surface area contributed by atoms with Gasteiger partial charge in [-0.15, -0.1) is 0 Å². The van der Waals surface area contributed by atoms with Gasteiger partial charge >= 0.3 is 0 Å². The van der Waals surface area contributed by atoms with Crippen LogP contribution in [-0.4, -0.2) is 32.0 Å². The van der Waals surface area contributed by atoms with Crippen molar-refractivity contribution in [1.29, 1.82) is 5.26 Å². The Hall–Kier alpha value is -2.03. The predicted octanol–water partition coefficient (Wildman–Crippen LogP) is -0.108. The molecule has 3 N–H and O–H groups in total. The van der Waals surface area contributed by atoms with E-state index >= 15 is 0 Å². The highest BCUT2D eigenvalue weighted by atomic mass is 16.1. The van der Waals surface area contributed by atoms with Gasteiger partial charge in [0.2, 0.25) is 6.41 Å². The molecule has 0 aliphatic rings. The number of rotatable bonds is 9. The number of carbonyl (C=O) groups excluding carboxylic acids is 2. The molecule has 18 heavy (non-hydrogen) atoms. The van der Waals surface area contributed by atoms with Gasteiger partial charge < -0.3 is 16.0 Å². The minimum Gasteiger partial charge on any atom is -0.390 e. The largest absolute Gasteiger partial charge is 0.390 e. The molecule has 0 aliphatic heterocycles. The van der Waals surface area contributed by atoms with Crippen LogP contribution in [0.3, 0.4) is 0 Å². The summed E-state index contributed by atoms with van der Waals surface area (Å²) in [5.41, 5.74) is 0.0546. The van der Waals surface area contributed by atoms with Crippen molar-refractivity contribution >= 4 is 12.3 Å². The second kappa shape index (κ2) is 10.1. The lowest BCUT2D eigenvalue weighted by atomic mass is 10.2. The zero-order valence-corrected chi connectivity index (χ0v) is 10.8. The SMILES string of the molecule is CC(C)CNC(=O)/C(C#N)=C\NCCCNC=O. The standard InChI is InChI=1S/C12H20N4O2/c1-10(2)7-16-12(18)11(6-13)8-14-4-3-5-15-9-17/h8-10,14H,3-5,7H2,1-2H3,(H,15,17)(H,16,18)/b11-8-. The Morgan fingerprint density at radius 3 is 2.56 bits per heavy atom. The first-order chi connectivity index (χ1) is 8.61. The van der Waals surface area contributed by atoms with Crippen molar-refractivity contribution in [3.05, 3.63) is 11.8 Å². The third-order valence-corrected chi connectivity index (χ3v) is 2.01. The van der Waals surface area contributed by atoms with E-state index in [9.17, 15) is 9.59 Å². The van der Waals surface area contributed by atoms with Crippen molar-refractivity contribution in [2.75, 3.05) is 19.6 Å². The minimum absolute atomic E-state index is 0.0546. The van der Waals surface area contributed by atoms with Crippen molar-refractivity contribution in [3.8, 4) is 6.07 Å². The number of amides is 2. The Balaban J connectivity index is 3.96. The summed E-state index contributed by atoms with van der Waals surface area (Å²) in [6.07, 6.45) is 2.76. The molecule has 6 nitrogen and oxygen atoms in total. The Morgan fingerprint density at radius 2 is 2.00 bits per heavy atom. The van der Waals surface area contributed by atoms with E-state index in [0.29, 0.717) is 32.0 Å². The second-order valence-corrected chi connectivity index (χ2v) is 4.15. The highest BCUT2D eigenvalue weighted by Crippen LogP contribution is 1.93. The van der Waals surface area contributed by atoms with Gasteiger partial charge in [-0.25, -0.2) is 0 Å². The van der Waals surface area contributed by atoms with E-state index in [1.165, 1.54) is 6.20 Å². The van der Waals surface area contributed by atoms with Crippen molar-refractivity contribution in [1.82, 2.24) is 16.0 Å². The predicted molar refractivity (Wildman–Crippen MR) is 68.2 cm³/mol. The van der Waals surface area contributed by atoms with Crippen LogP contribution in [0.4, 0.5) is 0 Å². The Labute approximate surface area is 107 Å². The number of nitrogens with zero attached hydrogens (tertiary/aromatic N) is 1. The molecule has 0 heterocycles. The molecule has 0 bridgehead atoms. The summed E-state index contributed by atoms with van der Waals surface area (Å²) in [7, 11) is 0. The van der Waals surface area contributed by atoms with Crippen molar-refractivity contribution < 1.29 is 9.59 Å². The molecule has 0 rings (SSSR count). The summed E-state index contributed by atoms with van der Waals surface area (Å²) in [5, 5.41) is 16.9. The maximum absolute atomic E-state index is 11.5. The fraction of sp³-hybridized carbons (Fsp3) is 0.583. The van der Waals surface area contributed by atoms with E-state index in [2.05, 4.69) is 16.0 Å². The highest BCUT2D eigenvalue weighted by molar-refractivity contribution is 5.97. The molecule has 0 unspecified atom stereocenters. The number of carbonyl (C=O) groups is 2. The summed E-state index contributed by atoms with van der Waals surface area (Å²) < 4.78 is 0. The number of hydrogen-bond donors (Lipinski definition) is 3. The van der Waals surface area contributed by atoms with Gasteiger partial charge in [0.05, 0.1) is 0 Å². The summed E-state index contributed by atoms with van der Waals surface area (Å²) in [4.78, 5) is 21.5. The lowest BCUT2D eigenvalue weighted by Crippen LogP contribution is -2.29. The van der Waals surface area contributed by atoms with Gasteiger partial charge in [0.1, 0.15) is 11.6 Å². The molecule has 0 atom stereocenters. The molecule has 0 fully saturated rings. The molecule has 0 aromatic carbocycles. The van der Waals surface area contributed by atoms with Crippen molar-refractivity contribution in [2.45, 2.75) is 20.3 Å². The number of hydrogen-bond acceptors (Lipinski definition) is 4. The van der Waals surface area contributed by atoms with E-state index in [-0.39, 0.29) is 11.5 Å². The zero-order valence-electron chi connectivity index (χ0n) is 10.8. The van der Waals surface area contributed by atoms with E-state index in [1.54, 1.807) is 0 Å². The highest BCUT2D eigenvalue weighted by Gasteiger charge is 2.08. The van der Waals surface area contributed by atoms with Crippen LogP contribution < -0.4 is 16.0 Å². The topological polar surface area (TPSA) is 94.0 Å². The summed E-state index contributed by atoms with van der Waals surface area (Å²) >= 11 is 0. The Bertz CT molecular complexity index is 331. The Morgan fingerprint density at radius 1 is 1.33 bits per heavy atom. The normalized spacial score (nSPS) is 10.7. The quantitative estimate of drug-likeness (QED) is 0.231. The van der Waals surface area contributed by atoms with Crippen LogP contribution >= 0.6 is 0 Å². The minimum atomic E-state index is -0.371. The molecule has 0 aromatic rings. The Kier molecular flexibility index (Phi) is 9.00. The van der Waals surface area contributed by atoms with Crippen molar-refractivity contribution in [2.24, 2.45) is 5.92 Å². The second-order valence-electron chi connectivity index (χ2n) is 4.15. The van der Waals surface area contributed by atoms with Gasteiger partial charge in [0.25, 0.3) is 5.91 Å². The first-order valence-electron chi connectivity index (χ1n) is 5.90. The molecule has 6 heteroatoms. The molecule has 0 aliphatic carbocycles. The van der Waals surface area contributed by atoms with Crippen LogP contribution in [0.5, 0.6) is 0 Å². The summed E-state index contributed by atoms with van der Waals surface area (Å²) in [6.45, 7) is 5.65. The smallest absolute Gasteiger partial charge is 0.263 e. The lowest BCUT2D eigenvalue weighted by Gasteiger charge is -2.07. The third-order valence-electron chi connectivity index (χ3n) is 2.01. The van der Waals surface area contributed by atoms with E-state index in [1.807, 2.05) is 19.9 Å². The van der Waals surface area contributed by atoms with Gasteiger partial charge in [-0.3, -0.25) is 9.59 Å². The van der Waals surface area contributed by atoms with Crippen LogP contribution in [-0.2, 0) is 9.59 Å². The molecule has 0 aromatic heterocycles. The summed E-state index contributed by atoms with van der Waals surface area (Å²) in [5.74, 6) is -0.0269. The van der Waals surface area contributed by atoms with Crippen molar-refractivity contribution in [3.63, 3.8) is 0 Å². The fourth-order valence-corrected chi connectivity index (χ4v) is 1.07. The van der Waals surface area contributed by atoms with Gasteiger partial charge in [0, 0.05) is 25.8 Å². The molecular weight excluding hydrogens is 232 g/mol. The first-order valence-corrected chi connectivity index (χ1v) is 5.90. The monoisotopic (exact) mass is 252 g/mol. The first kappa shape index (κ1) is 16.0. The van der Waals surface area contributed by atoms with Gasteiger partial charge in [-0.2, -0.15) is 5.26 Å². The van der Waals surface area contributed by atoms with Crippen LogP contribution in [0.2, 0.25) is 0 Å². The maximum Gasteiger partial charge on any atom is 0.263 e. The third kappa shape index (κ3) is 8.16. The maximum atomic E-state index is 11.5. The van der Waals surface area contributed by atoms with Crippen LogP contribution in [0, 0.1) is 17.2 Å². The molecule has 100 valence electrons. The van der Waals surface area contributed by atoms with E-state index in [0.717, 1.165) is 6.42 Å². The zero-order chi connectivity index (χ0) is 13.8. The summed E-state index contributed by atoms with van der Waals surface area (Å²) in [6, 6.07) is 1.84. The molecular formula is C12H20N4O2. The lowest BCUT2D eigenvalue weighted by molar-refractivity contribution is -0.117. The van der Waals surface area contributed by atoms with E-state index in [4.69, 9.17) is 5.26 Å². The number of nitrogens with one attached hydrogen (secondary N) is 3. The van der Waals surface area contributed by atoms with Gasteiger partial charge in [-0.05, 0) is 12.3 Å². The average molecular weight is 252 g/mol. The van der Waals surface area contributed by atoms with E-state index < -0.39 is 0 Å². The van der Waals surface area contributed by atoms with Crippen LogP contribution in [0.1, 0.15) is 20.3 Å². The fourth-order valence-electron chi connectivity index (χ4n) is 1.07. The molecule has 0 saturated carbocycles. The van der Waals surface area contributed by atoms with Gasteiger partial charge in [0.15, 0.2) is 0 Å². The molecule has 2 amide bonds. The van der Waals surface area contributed by atoms with Crippen LogP contribution in [0.15, 0.2) is 11.8 Å². The van der Waals surface area contributed by atoms with Crippen LogP contribution in [0.25, 0.3) is 0 Å². The molecule has 0 spiro atoms. The molecule has 0 radical (unpaired) electrons. The average Bonchev–Trinajstić information content (AvgIpc) is 2.35.